The third kappa shape index (κ3) is 2.28. The van der Waals surface area contributed by atoms with Crippen LogP contribution in [-0.4, -0.2) is 29.7 Å². The third-order valence-corrected chi connectivity index (χ3v) is 3.57. The highest BCUT2D eigenvalue weighted by Gasteiger charge is 2.23. The third-order valence-electron chi connectivity index (χ3n) is 3.57. The lowest BCUT2D eigenvalue weighted by molar-refractivity contribution is 0.145. The maximum Gasteiger partial charge on any atom is 0.0558 e. The molecule has 1 atom stereocenters. The van der Waals surface area contributed by atoms with Gasteiger partial charge in [-0.2, -0.15) is 0 Å². The SMILES string of the molecule is CCN(CCO)C1CCCc2ccccc21. The maximum absolute atomic E-state index is 9.10. The van der Waals surface area contributed by atoms with E-state index in [4.69, 9.17) is 5.11 Å². The van der Waals surface area contributed by atoms with E-state index >= 15 is 0 Å². The zero-order chi connectivity index (χ0) is 11.4. The molecule has 0 aromatic heterocycles. The molecule has 16 heavy (non-hydrogen) atoms. The summed E-state index contributed by atoms with van der Waals surface area (Å²) in [4.78, 5) is 2.39. The van der Waals surface area contributed by atoms with Crippen LogP contribution in [0.15, 0.2) is 24.3 Å². The lowest BCUT2D eigenvalue weighted by Crippen LogP contribution is -2.33. The smallest absolute Gasteiger partial charge is 0.0558 e. The van der Waals surface area contributed by atoms with E-state index in [1.54, 1.807) is 0 Å². The first-order valence-electron chi connectivity index (χ1n) is 6.29. The van der Waals surface area contributed by atoms with E-state index in [1.807, 2.05) is 0 Å². The quantitative estimate of drug-likeness (QED) is 0.840. The van der Waals surface area contributed by atoms with Crippen molar-refractivity contribution in [1.82, 2.24) is 4.90 Å². The Morgan fingerprint density at radius 2 is 2.19 bits per heavy atom. The van der Waals surface area contributed by atoms with Crippen LogP contribution in [0, 0.1) is 0 Å². The molecular weight excluding hydrogens is 198 g/mol. The molecule has 0 heterocycles. The van der Waals surface area contributed by atoms with Crippen LogP contribution in [0.3, 0.4) is 0 Å². The minimum absolute atomic E-state index is 0.256. The molecule has 88 valence electrons. The van der Waals surface area contributed by atoms with Crippen molar-refractivity contribution in [2.45, 2.75) is 32.2 Å². The summed E-state index contributed by atoms with van der Waals surface area (Å²) in [5.74, 6) is 0. The monoisotopic (exact) mass is 219 g/mol. The van der Waals surface area contributed by atoms with E-state index in [9.17, 15) is 0 Å². The summed E-state index contributed by atoms with van der Waals surface area (Å²) in [6, 6.07) is 9.27. The fourth-order valence-corrected chi connectivity index (χ4v) is 2.77. The lowest BCUT2D eigenvalue weighted by atomic mass is 9.87. The van der Waals surface area contributed by atoms with Crippen LogP contribution in [0.1, 0.15) is 36.9 Å². The number of hydrogen-bond donors (Lipinski definition) is 1. The van der Waals surface area contributed by atoms with Gasteiger partial charge in [-0.25, -0.2) is 0 Å². The highest BCUT2D eigenvalue weighted by molar-refractivity contribution is 5.32. The summed E-state index contributed by atoms with van der Waals surface area (Å²) in [7, 11) is 0. The maximum atomic E-state index is 9.10. The zero-order valence-corrected chi connectivity index (χ0v) is 10.0. The largest absolute Gasteiger partial charge is 0.395 e. The average Bonchev–Trinajstić information content (AvgIpc) is 2.35. The second kappa shape index (κ2) is 5.46. The molecule has 0 fully saturated rings. The van der Waals surface area contributed by atoms with Crippen molar-refractivity contribution < 1.29 is 5.11 Å². The van der Waals surface area contributed by atoms with Gasteiger partial charge in [-0.3, -0.25) is 4.90 Å². The topological polar surface area (TPSA) is 23.5 Å². The Balaban J connectivity index is 2.23. The molecule has 1 N–H and O–H groups in total. The summed E-state index contributed by atoms with van der Waals surface area (Å²) >= 11 is 0. The van der Waals surface area contributed by atoms with Gasteiger partial charge in [0.05, 0.1) is 6.61 Å². The lowest BCUT2D eigenvalue weighted by Gasteiger charge is -2.34. The Bertz CT molecular complexity index is 337. The highest BCUT2D eigenvalue weighted by Crippen LogP contribution is 2.33. The zero-order valence-electron chi connectivity index (χ0n) is 10.0. The van der Waals surface area contributed by atoms with Gasteiger partial charge >= 0.3 is 0 Å². The van der Waals surface area contributed by atoms with Gasteiger partial charge in [-0.1, -0.05) is 31.2 Å². The molecule has 1 aliphatic carbocycles. The number of aliphatic hydroxyl groups excluding tert-OH is 1. The molecule has 0 aliphatic heterocycles. The molecule has 0 spiro atoms. The number of fused-ring (bicyclic) bond motifs is 1. The Labute approximate surface area is 97.9 Å². The van der Waals surface area contributed by atoms with Crippen LogP contribution < -0.4 is 0 Å². The predicted molar refractivity (Wildman–Crippen MR) is 66.5 cm³/mol. The van der Waals surface area contributed by atoms with Gasteiger partial charge in [-0.05, 0) is 36.9 Å². The van der Waals surface area contributed by atoms with Gasteiger partial charge < -0.3 is 5.11 Å². The number of nitrogens with zero attached hydrogens (tertiary/aromatic N) is 1. The van der Waals surface area contributed by atoms with Crippen molar-refractivity contribution in [3.05, 3.63) is 35.4 Å². The van der Waals surface area contributed by atoms with Crippen LogP contribution in [-0.2, 0) is 6.42 Å². The second-order valence-corrected chi connectivity index (χ2v) is 4.46. The standard InChI is InChI=1S/C14H21NO/c1-2-15(10-11-16)14-9-5-7-12-6-3-4-8-13(12)14/h3-4,6,8,14,16H,2,5,7,9-11H2,1H3. The van der Waals surface area contributed by atoms with E-state index in [0.717, 1.165) is 13.1 Å². The highest BCUT2D eigenvalue weighted by atomic mass is 16.3. The predicted octanol–water partition coefficient (Wildman–Crippen LogP) is 2.38. The Morgan fingerprint density at radius 1 is 1.38 bits per heavy atom. The molecule has 0 saturated heterocycles. The van der Waals surface area contributed by atoms with Crippen molar-refractivity contribution in [1.29, 1.82) is 0 Å². The van der Waals surface area contributed by atoms with E-state index in [2.05, 4.69) is 36.1 Å². The summed E-state index contributed by atoms with van der Waals surface area (Å²) < 4.78 is 0. The van der Waals surface area contributed by atoms with Crippen LogP contribution in [0.2, 0.25) is 0 Å². The van der Waals surface area contributed by atoms with Crippen LogP contribution >= 0.6 is 0 Å². The Hall–Kier alpha value is -0.860. The first kappa shape index (κ1) is 11.6. The molecule has 0 bridgehead atoms. The number of benzene rings is 1. The average molecular weight is 219 g/mol. The molecule has 1 aromatic rings. The van der Waals surface area contributed by atoms with E-state index in [0.29, 0.717) is 6.04 Å². The van der Waals surface area contributed by atoms with Gasteiger partial charge in [0.15, 0.2) is 0 Å². The van der Waals surface area contributed by atoms with Gasteiger partial charge in [0.1, 0.15) is 0 Å². The van der Waals surface area contributed by atoms with E-state index in [1.165, 1.54) is 30.4 Å². The van der Waals surface area contributed by atoms with Crippen LogP contribution in [0.4, 0.5) is 0 Å². The molecule has 1 aliphatic rings. The number of aryl methyl sites for hydroxylation is 1. The molecule has 1 aromatic carbocycles. The molecule has 2 rings (SSSR count). The second-order valence-electron chi connectivity index (χ2n) is 4.46. The molecule has 2 nitrogen and oxygen atoms in total. The molecule has 0 amide bonds. The molecule has 2 heteroatoms. The van der Waals surface area contributed by atoms with Gasteiger partial charge in [0.2, 0.25) is 0 Å². The minimum atomic E-state index is 0.256. The Kier molecular flexibility index (Phi) is 3.97. The van der Waals surface area contributed by atoms with Crippen molar-refractivity contribution in [3.63, 3.8) is 0 Å². The summed E-state index contributed by atoms with van der Waals surface area (Å²) in [5, 5.41) is 9.10. The molecule has 0 radical (unpaired) electrons. The van der Waals surface area contributed by atoms with Crippen LogP contribution in [0.5, 0.6) is 0 Å². The normalized spacial score (nSPS) is 19.8. The fraction of sp³-hybridized carbons (Fsp3) is 0.571. The van der Waals surface area contributed by atoms with Crippen molar-refractivity contribution >= 4 is 0 Å². The van der Waals surface area contributed by atoms with Gasteiger partial charge in [-0.15, -0.1) is 0 Å². The van der Waals surface area contributed by atoms with Crippen molar-refractivity contribution in [3.8, 4) is 0 Å². The summed E-state index contributed by atoms with van der Waals surface area (Å²) in [6.07, 6.45) is 3.71. The number of rotatable bonds is 4. The summed E-state index contributed by atoms with van der Waals surface area (Å²) in [5.41, 5.74) is 2.97. The van der Waals surface area contributed by atoms with Crippen molar-refractivity contribution in [2.75, 3.05) is 19.7 Å². The van der Waals surface area contributed by atoms with E-state index < -0.39 is 0 Å². The van der Waals surface area contributed by atoms with Crippen molar-refractivity contribution in [2.24, 2.45) is 0 Å². The Morgan fingerprint density at radius 3 is 2.94 bits per heavy atom. The molecule has 0 saturated carbocycles. The van der Waals surface area contributed by atoms with Gasteiger partial charge in [0.25, 0.3) is 0 Å². The first-order valence-corrected chi connectivity index (χ1v) is 6.29. The molecular formula is C14H21NO. The van der Waals surface area contributed by atoms with E-state index in [-0.39, 0.29) is 6.61 Å². The minimum Gasteiger partial charge on any atom is -0.395 e. The fourth-order valence-electron chi connectivity index (χ4n) is 2.77. The summed E-state index contributed by atoms with van der Waals surface area (Å²) in [6.45, 7) is 4.23. The number of likely N-dealkylation sites (N-methyl/N-ethyl adjacent to an activating group) is 1. The number of aliphatic hydroxyl groups is 1. The first-order chi connectivity index (χ1) is 7.86. The molecule has 1 unspecified atom stereocenters. The van der Waals surface area contributed by atoms with Gasteiger partial charge in [0, 0.05) is 12.6 Å². The number of hydrogen-bond acceptors (Lipinski definition) is 2. The van der Waals surface area contributed by atoms with Crippen LogP contribution in [0.25, 0.3) is 0 Å².